The molecule has 0 bridgehead atoms. The summed E-state index contributed by atoms with van der Waals surface area (Å²) in [6, 6.07) is 20.2. The van der Waals surface area contributed by atoms with Crippen molar-refractivity contribution in [1.29, 1.82) is 0 Å². The molecule has 1 fully saturated rings. The van der Waals surface area contributed by atoms with Crippen molar-refractivity contribution in [2.45, 2.75) is 30.0 Å². The molecule has 0 saturated carbocycles. The second kappa shape index (κ2) is 11.2. The zero-order valence-electron chi connectivity index (χ0n) is 20.3. The van der Waals surface area contributed by atoms with Gasteiger partial charge >= 0.3 is 11.9 Å². The van der Waals surface area contributed by atoms with Crippen LogP contribution < -0.4 is 5.32 Å². The van der Waals surface area contributed by atoms with Crippen molar-refractivity contribution in [3.8, 4) is 0 Å². The number of ether oxygens (including phenoxy) is 2. The van der Waals surface area contributed by atoms with Crippen LogP contribution in [0.2, 0.25) is 0 Å². The number of thioether (sulfide) groups is 1. The van der Waals surface area contributed by atoms with E-state index in [1.54, 1.807) is 0 Å². The number of β-lactam (4-membered cyclic amide) rings is 1. The third-order valence-corrected chi connectivity index (χ3v) is 8.35. The maximum atomic E-state index is 13.5. The quantitative estimate of drug-likeness (QED) is 0.340. The number of esters is 2. The maximum absolute atomic E-state index is 13.5. The van der Waals surface area contributed by atoms with Gasteiger partial charge in [-0.2, -0.15) is 0 Å². The highest BCUT2D eigenvalue weighted by atomic mass is 32.2. The average molecular weight is 549 g/mol. The zero-order valence-corrected chi connectivity index (χ0v) is 21.9. The molecule has 0 radical (unpaired) electrons. The summed E-state index contributed by atoms with van der Waals surface area (Å²) in [6.07, 6.45) is -0.559. The van der Waals surface area contributed by atoms with Crippen molar-refractivity contribution in [2.75, 3.05) is 7.11 Å². The molecule has 3 heterocycles. The number of methoxy groups -OCH3 is 1. The molecule has 2 aliphatic heterocycles. The molecule has 10 heteroatoms. The van der Waals surface area contributed by atoms with Gasteiger partial charge in [0, 0.05) is 4.88 Å². The number of nitrogens with zero attached hydrogens (tertiary/aromatic N) is 1. The molecule has 2 aromatic carbocycles. The lowest BCUT2D eigenvalue weighted by Gasteiger charge is -2.51. The average Bonchev–Trinajstić information content (AvgIpc) is 3.47. The Hall–Kier alpha value is -3.89. The van der Waals surface area contributed by atoms with E-state index >= 15 is 0 Å². The summed E-state index contributed by atoms with van der Waals surface area (Å²) < 4.78 is 10.9. The molecule has 1 aromatic heterocycles. The lowest BCUT2D eigenvalue weighted by atomic mass is 9.97. The second-order valence-corrected chi connectivity index (χ2v) is 10.7. The first-order valence-electron chi connectivity index (χ1n) is 11.9. The number of nitrogens with one attached hydrogen (secondary N) is 1. The SMILES string of the molecule is COC(=O)C1C(C(=O)OC(c2ccccc2)c2ccccc2)=CS[C@H]2C(NC(=O)Cc3cccs3)C(=O)N12. The first-order valence-corrected chi connectivity index (χ1v) is 13.7. The highest BCUT2D eigenvalue weighted by Gasteiger charge is 2.57. The van der Waals surface area contributed by atoms with E-state index in [9.17, 15) is 19.2 Å². The standard InChI is InChI=1S/C28H24N2O6S2/c1-35-28(34)23-20(27(33)36-24(17-9-4-2-5-10-17)18-11-6-3-7-12-18)16-38-26-22(25(32)30(23)26)29-21(31)15-19-13-8-14-37-19/h2-14,16,22-24,26H,15H2,1H3,(H,29,31)/t22?,23?,26-/m0/s1. The molecule has 8 nitrogen and oxygen atoms in total. The van der Waals surface area contributed by atoms with E-state index in [1.165, 1.54) is 40.5 Å². The van der Waals surface area contributed by atoms with Gasteiger partial charge in [-0.05, 0) is 28.0 Å². The summed E-state index contributed by atoms with van der Waals surface area (Å²) in [5, 5.41) is 5.62. The number of rotatable bonds is 8. The van der Waals surface area contributed by atoms with Gasteiger partial charge < -0.3 is 19.7 Å². The predicted molar refractivity (Wildman–Crippen MR) is 143 cm³/mol. The summed E-state index contributed by atoms with van der Waals surface area (Å²) in [4.78, 5) is 54.1. The number of amides is 2. The van der Waals surface area contributed by atoms with Crippen LogP contribution >= 0.6 is 23.1 Å². The molecule has 3 aromatic rings. The van der Waals surface area contributed by atoms with E-state index in [1.807, 2.05) is 78.2 Å². The summed E-state index contributed by atoms with van der Waals surface area (Å²) in [5.41, 5.74) is 1.53. The summed E-state index contributed by atoms with van der Waals surface area (Å²) in [6.45, 7) is 0. The van der Waals surface area contributed by atoms with Crippen LogP contribution in [0.25, 0.3) is 0 Å². The Morgan fingerprint density at radius 3 is 2.21 bits per heavy atom. The van der Waals surface area contributed by atoms with Crippen molar-refractivity contribution in [3.05, 3.63) is 105 Å². The van der Waals surface area contributed by atoms with Crippen LogP contribution in [-0.4, -0.2) is 53.2 Å². The maximum Gasteiger partial charge on any atom is 0.338 e. The van der Waals surface area contributed by atoms with Crippen LogP contribution in [0.3, 0.4) is 0 Å². The highest BCUT2D eigenvalue weighted by molar-refractivity contribution is 8.03. The highest BCUT2D eigenvalue weighted by Crippen LogP contribution is 2.41. The normalized spacial score (nSPS) is 20.2. The molecular weight excluding hydrogens is 524 g/mol. The minimum absolute atomic E-state index is 0.00618. The van der Waals surface area contributed by atoms with Gasteiger partial charge in [0.25, 0.3) is 0 Å². The molecule has 1 saturated heterocycles. The van der Waals surface area contributed by atoms with Crippen molar-refractivity contribution < 1.29 is 28.7 Å². The zero-order chi connectivity index (χ0) is 26.6. The van der Waals surface area contributed by atoms with Crippen molar-refractivity contribution in [2.24, 2.45) is 0 Å². The molecule has 194 valence electrons. The summed E-state index contributed by atoms with van der Waals surface area (Å²) in [5.74, 6) is -2.24. The van der Waals surface area contributed by atoms with Crippen LogP contribution in [0.1, 0.15) is 22.1 Å². The molecule has 2 amide bonds. The van der Waals surface area contributed by atoms with Gasteiger partial charge in [-0.25, -0.2) is 9.59 Å². The third kappa shape index (κ3) is 5.09. The molecule has 3 atom stereocenters. The van der Waals surface area contributed by atoms with Gasteiger partial charge in [0.05, 0.1) is 19.1 Å². The number of hydrogen-bond donors (Lipinski definition) is 1. The number of hydrogen-bond acceptors (Lipinski definition) is 8. The molecule has 5 rings (SSSR count). The van der Waals surface area contributed by atoms with Crippen LogP contribution in [0.15, 0.2) is 89.2 Å². The van der Waals surface area contributed by atoms with Crippen LogP contribution in [0.5, 0.6) is 0 Å². The number of fused-ring (bicyclic) bond motifs is 1. The Morgan fingerprint density at radius 2 is 1.63 bits per heavy atom. The fourth-order valence-corrected chi connectivity index (χ4v) is 6.38. The minimum Gasteiger partial charge on any atom is -0.467 e. The largest absolute Gasteiger partial charge is 0.467 e. The van der Waals surface area contributed by atoms with E-state index in [-0.39, 0.29) is 17.9 Å². The van der Waals surface area contributed by atoms with Gasteiger partial charge in [0.15, 0.2) is 12.1 Å². The monoisotopic (exact) mass is 548 g/mol. The lowest BCUT2D eigenvalue weighted by molar-refractivity contribution is -0.163. The second-order valence-electron chi connectivity index (χ2n) is 8.68. The Bertz CT molecular complexity index is 1320. The third-order valence-electron chi connectivity index (χ3n) is 6.31. The summed E-state index contributed by atoms with van der Waals surface area (Å²) in [7, 11) is 1.20. The van der Waals surface area contributed by atoms with E-state index < -0.39 is 41.4 Å². The summed E-state index contributed by atoms with van der Waals surface area (Å²) >= 11 is 2.64. The molecule has 2 aliphatic rings. The van der Waals surface area contributed by atoms with E-state index in [4.69, 9.17) is 9.47 Å². The Morgan fingerprint density at radius 1 is 0.974 bits per heavy atom. The number of carbonyl (C=O) groups is 4. The van der Waals surface area contributed by atoms with Gasteiger partial charge in [-0.1, -0.05) is 66.7 Å². The van der Waals surface area contributed by atoms with Crippen LogP contribution in [0.4, 0.5) is 0 Å². The van der Waals surface area contributed by atoms with Crippen LogP contribution in [-0.2, 0) is 35.1 Å². The van der Waals surface area contributed by atoms with Gasteiger partial charge in [-0.3, -0.25) is 9.59 Å². The first kappa shape index (κ1) is 25.7. The molecule has 1 N–H and O–H groups in total. The van der Waals surface area contributed by atoms with Crippen molar-refractivity contribution in [1.82, 2.24) is 10.2 Å². The van der Waals surface area contributed by atoms with E-state index in [2.05, 4.69) is 5.32 Å². The predicted octanol–water partition coefficient (Wildman–Crippen LogP) is 3.45. The molecule has 38 heavy (non-hydrogen) atoms. The molecule has 2 unspecified atom stereocenters. The number of benzene rings is 2. The molecule has 0 spiro atoms. The van der Waals surface area contributed by atoms with Crippen molar-refractivity contribution >= 4 is 46.9 Å². The first-order chi connectivity index (χ1) is 18.5. The van der Waals surface area contributed by atoms with Crippen molar-refractivity contribution in [3.63, 3.8) is 0 Å². The van der Waals surface area contributed by atoms with E-state index in [0.29, 0.717) is 0 Å². The fraction of sp³-hybridized carbons (Fsp3) is 0.214. The molecular formula is C28H24N2O6S2. The van der Waals surface area contributed by atoms with E-state index in [0.717, 1.165) is 16.0 Å². The van der Waals surface area contributed by atoms with Gasteiger partial charge in [0.2, 0.25) is 11.8 Å². The smallest absolute Gasteiger partial charge is 0.338 e. The number of carbonyl (C=O) groups excluding carboxylic acids is 4. The van der Waals surface area contributed by atoms with Gasteiger partial charge in [0.1, 0.15) is 11.4 Å². The Kier molecular flexibility index (Phi) is 7.62. The Balaban J connectivity index is 1.36. The Labute approximate surface area is 227 Å². The lowest BCUT2D eigenvalue weighted by Crippen LogP contribution is -2.74. The number of thiophene rings is 1. The minimum atomic E-state index is -1.27. The topological polar surface area (TPSA) is 102 Å². The van der Waals surface area contributed by atoms with Gasteiger partial charge in [-0.15, -0.1) is 23.1 Å². The van der Waals surface area contributed by atoms with Crippen LogP contribution in [0, 0.1) is 0 Å². The fourth-order valence-electron chi connectivity index (χ4n) is 4.46. The molecule has 0 aliphatic carbocycles.